The zero-order valence-corrected chi connectivity index (χ0v) is 9.51. The third-order valence-electron chi connectivity index (χ3n) is 2.27. The number of hydrogen-bond acceptors (Lipinski definition) is 2. The monoisotopic (exact) mass is 216 g/mol. The third kappa shape index (κ3) is 2.28. The van der Waals surface area contributed by atoms with E-state index in [1.54, 1.807) is 0 Å². The maximum absolute atomic E-state index is 8.77. The number of aliphatic hydroxyl groups excluding tert-OH is 1. The Hall–Kier alpha value is -0.540. The number of aliphatic hydroxyl groups is 1. The van der Waals surface area contributed by atoms with E-state index in [1.165, 1.54) is 0 Å². The summed E-state index contributed by atoms with van der Waals surface area (Å²) in [5, 5.41) is 14.0. The number of hydrogen-bond donors (Lipinski definition) is 1. The molecular weight excluding hydrogens is 200 g/mol. The fraction of sp³-hybridized carbons (Fsp3) is 0.700. The highest BCUT2D eigenvalue weighted by atomic mass is 35.5. The highest BCUT2D eigenvalue weighted by Crippen LogP contribution is 2.22. The first-order valence-corrected chi connectivity index (χ1v) is 5.47. The highest BCUT2D eigenvalue weighted by Gasteiger charge is 2.13. The Morgan fingerprint density at radius 1 is 1.43 bits per heavy atom. The molecule has 1 rings (SSSR count). The van der Waals surface area contributed by atoms with Crippen molar-refractivity contribution in [3.63, 3.8) is 0 Å². The minimum Gasteiger partial charge on any atom is -0.396 e. The number of nitrogens with zero attached hydrogens (tertiary/aromatic N) is 2. The summed E-state index contributed by atoms with van der Waals surface area (Å²) in [5.41, 5.74) is 2.02. The second kappa shape index (κ2) is 5.37. The Morgan fingerprint density at radius 3 is 2.64 bits per heavy atom. The molecular formula is C10H17ClN2O. The maximum atomic E-state index is 8.77. The Bertz CT molecular complexity index is 297. The first kappa shape index (κ1) is 11.5. The van der Waals surface area contributed by atoms with Crippen molar-refractivity contribution in [1.29, 1.82) is 0 Å². The Balaban J connectivity index is 2.92. The molecule has 0 aliphatic rings. The molecule has 0 atom stereocenters. The summed E-state index contributed by atoms with van der Waals surface area (Å²) in [7, 11) is 0. The third-order valence-corrected chi connectivity index (χ3v) is 2.70. The summed E-state index contributed by atoms with van der Waals surface area (Å²) in [6.45, 7) is 5.13. The van der Waals surface area contributed by atoms with E-state index in [2.05, 4.69) is 5.10 Å². The Morgan fingerprint density at radius 2 is 2.14 bits per heavy atom. The van der Waals surface area contributed by atoms with Crippen LogP contribution in [0.3, 0.4) is 0 Å². The van der Waals surface area contributed by atoms with Crippen molar-refractivity contribution in [3.05, 3.63) is 16.4 Å². The smallest absolute Gasteiger partial charge is 0.0849 e. The summed E-state index contributed by atoms with van der Waals surface area (Å²) >= 11 is 6.18. The SMILES string of the molecule is CCc1nn(CC)c(CCCO)c1Cl. The summed E-state index contributed by atoms with van der Waals surface area (Å²) in [6.07, 6.45) is 2.41. The number of halogens is 1. The molecule has 0 amide bonds. The second-order valence-corrected chi connectivity index (χ2v) is 3.58. The molecule has 1 aromatic heterocycles. The van der Waals surface area contributed by atoms with Crippen LogP contribution < -0.4 is 0 Å². The Labute approximate surface area is 89.7 Å². The predicted molar refractivity (Wildman–Crippen MR) is 57.7 cm³/mol. The minimum absolute atomic E-state index is 0.201. The lowest BCUT2D eigenvalue weighted by Gasteiger charge is -2.03. The molecule has 4 heteroatoms. The summed E-state index contributed by atoms with van der Waals surface area (Å²) in [4.78, 5) is 0. The molecule has 0 saturated carbocycles. The molecule has 80 valence electrons. The molecule has 3 nitrogen and oxygen atoms in total. The topological polar surface area (TPSA) is 38.0 Å². The van der Waals surface area contributed by atoms with Crippen LogP contribution in [-0.4, -0.2) is 21.5 Å². The van der Waals surface area contributed by atoms with Crippen molar-refractivity contribution >= 4 is 11.6 Å². The van der Waals surface area contributed by atoms with Crippen LogP contribution in [0.5, 0.6) is 0 Å². The van der Waals surface area contributed by atoms with E-state index in [-0.39, 0.29) is 6.61 Å². The zero-order chi connectivity index (χ0) is 10.6. The van der Waals surface area contributed by atoms with Crippen molar-refractivity contribution in [2.75, 3.05) is 6.61 Å². The van der Waals surface area contributed by atoms with Gasteiger partial charge in [0.2, 0.25) is 0 Å². The van der Waals surface area contributed by atoms with E-state index >= 15 is 0 Å². The van der Waals surface area contributed by atoms with Crippen LogP contribution in [0.15, 0.2) is 0 Å². The molecule has 0 aliphatic heterocycles. The van der Waals surface area contributed by atoms with Gasteiger partial charge < -0.3 is 5.11 Å². The van der Waals surface area contributed by atoms with E-state index in [0.717, 1.165) is 42.2 Å². The number of aromatic nitrogens is 2. The standard InChI is InChI=1S/C10H17ClN2O/c1-3-8-10(11)9(6-5-7-14)13(4-2)12-8/h14H,3-7H2,1-2H3. The van der Waals surface area contributed by atoms with Gasteiger partial charge in [-0.1, -0.05) is 18.5 Å². The molecule has 0 fully saturated rings. The molecule has 0 unspecified atom stereocenters. The Kier molecular flexibility index (Phi) is 4.42. The van der Waals surface area contributed by atoms with Crippen LogP contribution in [0.1, 0.15) is 31.7 Å². The fourth-order valence-corrected chi connectivity index (χ4v) is 1.87. The van der Waals surface area contributed by atoms with Crippen LogP contribution in [0.2, 0.25) is 5.02 Å². The first-order valence-electron chi connectivity index (χ1n) is 5.09. The summed E-state index contributed by atoms with van der Waals surface area (Å²) in [5.74, 6) is 0. The van der Waals surface area contributed by atoms with Crippen molar-refractivity contribution in [2.24, 2.45) is 0 Å². The van der Waals surface area contributed by atoms with Crippen LogP contribution in [-0.2, 0) is 19.4 Å². The van der Waals surface area contributed by atoms with Gasteiger partial charge in [-0.15, -0.1) is 0 Å². The number of aryl methyl sites for hydroxylation is 2. The van der Waals surface area contributed by atoms with Gasteiger partial charge in [0.15, 0.2) is 0 Å². The van der Waals surface area contributed by atoms with Crippen LogP contribution in [0.25, 0.3) is 0 Å². The van der Waals surface area contributed by atoms with Crippen molar-refractivity contribution in [1.82, 2.24) is 9.78 Å². The fourth-order valence-electron chi connectivity index (χ4n) is 1.50. The average Bonchev–Trinajstić information content (AvgIpc) is 2.52. The van der Waals surface area contributed by atoms with Gasteiger partial charge in [-0.05, 0) is 26.2 Å². The van der Waals surface area contributed by atoms with Crippen molar-refractivity contribution < 1.29 is 5.11 Å². The molecule has 0 bridgehead atoms. The summed E-state index contributed by atoms with van der Waals surface area (Å²) < 4.78 is 1.93. The predicted octanol–water partition coefficient (Wildman–Crippen LogP) is 2.04. The van der Waals surface area contributed by atoms with E-state index in [0.29, 0.717) is 0 Å². The highest BCUT2D eigenvalue weighted by molar-refractivity contribution is 6.31. The largest absolute Gasteiger partial charge is 0.396 e. The van der Waals surface area contributed by atoms with Crippen LogP contribution in [0, 0.1) is 0 Å². The lowest BCUT2D eigenvalue weighted by Crippen LogP contribution is -2.03. The van der Waals surface area contributed by atoms with E-state index in [9.17, 15) is 0 Å². The molecule has 0 spiro atoms. The molecule has 1 heterocycles. The second-order valence-electron chi connectivity index (χ2n) is 3.20. The minimum atomic E-state index is 0.201. The normalized spacial score (nSPS) is 10.9. The molecule has 0 saturated heterocycles. The van der Waals surface area contributed by atoms with Gasteiger partial charge in [0.25, 0.3) is 0 Å². The zero-order valence-electron chi connectivity index (χ0n) is 8.76. The molecule has 1 aromatic rings. The van der Waals surface area contributed by atoms with E-state index in [4.69, 9.17) is 16.7 Å². The van der Waals surface area contributed by atoms with E-state index < -0.39 is 0 Å². The molecule has 1 N–H and O–H groups in total. The van der Waals surface area contributed by atoms with Gasteiger partial charge in [-0.25, -0.2) is 0 Å². The molecule has 14 heavy (non-hydrogen) atoms. The van der Waals surface area contributed by atoms with Crippen molar-refractivity contribution in [2.45, 2.75) is 39.7 Å². The van der Waals surface area contributed by atoms with Gasteiger partial charge in [-0.3, -0.25) is 4.68 Å². The number of rotatable bonds is 5. The van der Waals surface area contributed by atoms with E-state index in [1.807, 2.05) is 18.5 Å². The molecule has 0 aromatic carbocycles. The molecule has 0 radical (unpaired) electrons. The van der Waals surface area contributed by atoms with Gasteiger partial charge >= 0.3 is 0 Å². The van der Waals surface area contributed by atoms with Gasteiger partial charge in [0.1, 0.15) is 0 Å². The van der Waals surface area contributed by atoms with Gasteiger partial charge in [0.05, 0.1) is 16.4 Å². The van der Waals surface area contributed by atoms with Crippen molar-refractivity contribution in [3.8, 4) is 0 Å². The lowest BCUT2D eigenvalue weighted by atomic mass is 10.2. The average molecular weight is 217 g/mol. The molecule has 0 aliphatic carbocycles. The van der Waals surface area contributed by atoms with Crippen LogP contribution in [0.4, 0.5) is 0 Å². The van der Waals surface area contributed by atoms with Crippen LogP contribution >= 0.6 is 11.6 Å². The summed E-state index contributed by atoms with van der Waals surface area (Å²) in [6, 6.07) is 0. The quantitative estimate of drug-likeness (QED) is 0.818. The first-order chi connectivity index (χ1) is 6.74. The lowest BCUT2D eigenvalue weighted by molar-refractivity contribution is 0.287. The maximum Gasteiger partial charge on any atom is 0.0849 e. The van der Waals surface area contributed by atoms with Gasteiger partial charge in [-0.2, -0.15) is 5.10 Å². The van der Waals surface area contributed by atoms with Gasteiger partial charge in [0, 0.05) is 13.2 Å².